The summed E-state index contributed by atoms with van der Waals surface area (Å²) in [6.07, 6.45) is 3.23. The van der Waals surface area contributed by atoms with Crippen molar-refractivity contribution >= 4 is 75.0 Å². The predicted molar refractivity (Wildman–Crippen MR) is 201 cm³/mol. The molecule has 19 nitrogen and oxygen atoms in total. The summed E-state index contributed by atoms with van der Waals surface area (Å²) in [5.41, 5.74) is 1.82. The topological polar surface area (TPSA) is 258 Å². The fourth-order valence-electron chi connectivity index (χ4n) is 5.30. The van der Waals surface area contributed by atoms with Gasteiger partial charge in [-0.15, -0.1) is 0 Å². The van der Waals surface area contributed by atoms with Gasteiger partial charge in [-0.1, -0.05) is 30.4 Å². The van der Waals surface area contributed by atoms with Gasteiger partial charge in [0.15, 0.2) is 0 Å². The second kappa shape index (κ2) is 18.8. The third-order valence-electron chi connectivity index (χ3n) is 7.82. The number of aromatic nitrogens is 6. The first-order valence-electron chi connectivity index (χ1n) is 16.6. The van der Waals surface area contributed by atoms with Crippen molar-refractivity contribution in [3.63, 3.8) is 0 Å². The van der Waals surface area contributed by atoms with Crippen molar-refractivity contribution in [1.82, 2.24) is 35.2 Å². The summed E-state index contributed by atoms with van der Waals surface area (Å²) in [5.74, 6) is 1.04. The Morgan fingerprint density at radius 3 is 1.87 bits per heavy atom. The number of piperazine rings is 1. The lowest BCUT2D eigenvalue weighted by molar-refractivity contribution is 0.279. The number of nitrogens with zero attached hydrogens (tertiary/aromatic N) is 9. The van der Waals surface area contributed by atoms with Gasteiger partial charge in [-0.2, -0.15) is 38.3 Å². The van der Waals surface area contributed by atoms with Crippen LogP contribution in [-0.2, 0) is 10.1 Å². The zero-order valence-electron chi connectivity index (χ0n) is 28.5. The van der Waals surface area contributed by atoms with Crippen LogP contribution < -0.4 is 30.7 Å². The smallest absolute Gasteiger partial charge is 0.295 e. The number of hydrogen-bond donors (Lipinski definition) is 8. The second-order valence-electron chi connectivity index (χ2n) is 11.5. The average Bonchev–Trinajstić information content (AvgIpc) is 3.14. The Labute approximate surface area is 310 Å². The van der Waals surface area contributed by atoms with Gasteiger partial charge in [0.2, 0.25) is 35.0 Å². The van der Waals surface area contributed by atoms with Crippen LogP contribution in [0.3, 0.4) is 0 Å². The Bertz CT molecular complexity index is 1940. The highest BCUT2D eigenvalue weighted by Crippen LogP contribution is 2.27. The molecule has 1 fully saturated rings. The standard InChI is InChI=1S/C32H41ClN12O7S/c33-27-37-28(39-30(38-27)44(13-17-46)14-18-47)35-24-6-2-22(3-7-24)1-4-23-5-8-25(21-26(23)53(50,51)52)36-29-40-31(43-11-9-34-10-12-43)42-32(41-29)45(15-19-48)16-20-49/h1-8,21,34,46-49H,9-20H2,(H,50,51,52)(H,35,37,38,39)(H,36,40,41,42)/b4-1+. The number of benzene rings is 2. The average molecular weight is 773 g/mol. The maximum absolute atomic E-state index is 12.5. The number of aliphatic hydroxyl groups is 4. The van der Waals surface area contributed by atoms with Gasteiger partial charge < -0.3 is 51.1 Å². The largest absolute Gasteiger partial charge is 0.395 e. The third-order valence-corrected chi connectivity index (χ3v) is 8.90. The molecule has 0 unspecified atom stereocenters. The molecule has 1 aliphatic rings. The maximum Gasteiger partial charge on any atom is 0.295 e. The van der Waals surface area contributed by atoms with Crippen LogP contribution in [0.15, 0.2) is 47.4 Å². The molecule has 284 valence electrons. The zero-order valence-corrected chi connectivity index (χ0v) is 30.1. The summed E-state index contributed by atoms with van der Waals surface area (Å²) in [6.45, 7) is 2.72. The van der Waals surface area contributed by atoms with Crippen LogP contribution in [-0.4, -0.2) is 142 Å². The molecular formula is C32H41ClN12O7S. The van der Waals surface area contributed by atoms with Gasteiger partial charge in [0, 0.05) is 63.7 Å². The van der Waals surface area contributed by atoms with Crippen LogP contribution in [0.25, 0.3) is 12.2 Å². The number of anilines is 7. The molecule has 0 bridgehead atoms. The van der Waals surface area contributed by atoms with E-state index in [0.717, 1.165) is 13.1 Å². The number of nitrogens with one attached hydrogen (secondary N) is 3. The number of hydrogen-bond acceptors (Lipinski definition) is 18. The summed E-state index contributed by atoms with van der Waals surface area (Å²) in [4.78, 5) is 30.9. The van der Waals surface area contributed by atoms with E-state index in [-0.39, 0.29) is 97.8 Å². The Hall–Kier alpha value is -4.80. The van der Waals surface area contributed by atoms with Crippen LogP contribution in [0.5, 0.6) is 0 Å². The monoisotopic (exact) mass is 772 g/mol. The molecule has 3 heterocycles. The fraction of sp³-hybridized carbons (Fsp3) is 0.375. The molecule has 0 radical (unpaired) electrons. The normalized spacial score (nSPS) is 13.4. The lowest BCUT2D eigenvalue weighted by Crippen LogP contribution is -2.44. The molecule has 0 spiro atoms. The van der Waals surface area contributed by atoms with Crippen LogP contribution >= 0.6 is 11.6 Å². The van der Waals surface area contributed by atoms with Gasteiger partial charge in [0.25, 0.3) is 10.1 Å². The second-order valence-corrected chi connectivity index (χ2v) is 13.3. The molecule has 21 heteroatoms. The first kappa shape index (κ1) is 39.4. The van der Waals surface area contributed by atoms with Gasteiger partial charge in [0.1, 0.15) is 4.90 Å². The van der Waals surface area contributed by atoms with E-state index in [2.05, 4.69) is 45.9 Å². The molecule has 2 aromatic heterocycles. The van der Waals surface area contributed by atoms with Crippen LogP contribution in [0.2, 0.25) is 5.28 Å². The minimum absolute atomic E-state index is 0.0745. The van der Waals surface area contributed by atoms with E-state index in [1.54, 1.807) is 52.3 Å². The Morgan fingerprint density at radius 1 is 0.736 bits per heavy atom. The number of aliphatic hydroxyl groups excluding tert-OH is 4. The van der Waals surface area contributed by atoms with E-state index in [9.17, 15) is 33.4 Å². The van der Waals surface area contributed by atoms with Crippen LogP contribution in [0, 0.1) is 0 Å². The van der Waals surface area contributed by atoms with Crippen molar-refractivity contribution in [2.24, 2.45) is 0 Å². The fourth-order valence-corrected chi connectivity index (χ4v) is 6.16. The molecule has 0 saturated carbocycles. The van der Waals surface area contributed by atoms with Gasteiger partial charge in [-0.3, -0.25) is 4.55 Å². The van der Waals surface area contributed by atoms with Crippen molar-refractivity contribution in [3.05, 3.63) is 58.9 Å². The first-order valence-corrected chi connectivity index (χ1v) is 18.4. The molecule has 0 aliphatic carbocycles. The van der Waals surface area contributed by atoms with Crippen LogP contribution in [0.1, 0.15) is 11.1 Å². The molecule has 5 rings (SSSR count). The van der Waals surface area contributed by atoms with Gasteiger partial charge in [-0.05, 0) is 47.0 Å². The maximum atomic E-state index is 12.5. The van der Waals surface area contributed by atoms with Crippen molar-refractivity contribution in [3.8, 4) is 0 Å². The van der Waals surface area contributed by atoms with E-state index >= 15 is 0 Å². The molecule has 8 N–H and O–H groups in total. The highest BCUT2D eigenvalue weighted by atomic mass is 35.5. The summed E-state index contributed by atoms with van der Waals surface area (Å²) >= 11 is 6.10. The van der Waals surface area contributed by atoms with E-state index in [4.69, 9.17) is 11.6 Å². The molecule has 0 amide bonds. The number of rotatable bonds is 18. The third kappa shape index (κ3) is 11.1. The highest BCUT2D eigenvalue weighted by molar-refractivity contribution is 7.86. The summed E-state index contributed by atoms with van der Waals surface area (Å²) in [7, 11) is -4.67. The molecule has 53 heavy (non-hydrogen) atoms. The Morgan fingerprint density at radius 2 is 1.28 bits per heavy atom. The lowest BCUT2D eigenvalue weighted by atomic mass is 10.1. The van der Waals surface area contributed by atoms with Crippen molar-refractivity contribution < 1.29 is 33.4 Å². The summed E-state index contributed by atoms with van der Waals surface area (Å²) in [6, 6.07) is 11.4. The van der Waals surface area contributed by atoms with E-state index in [1.807, 2.05) is 4.90 Å². The van der Waals surface area contributed by atoms with Gasteiger partial charge in [0.05, 0.1) is 26.4 Å². The van der Waals surface area contributed by atoms with E-state index in [0.29, 0.717) is 30.3 Å². The molecular weight excluding hydrogens is 732 g/mol. The van der Waals surface area contributed by atoms with Crippen molar-refractivity contribution in [2.45, 2.75) is 4.90 Å². The zero-order chi connectivity index (χ0) is 37.8. The van der Waals surface area contributed by atoms with E-state index in [1.165, 1.54) is 12.1 Å². The number of halogens is 1. The molecule has 2 aromatic carbocycles. The molecule has 1 saturated heterocycles. The van der Waals surface area contributed by atoms with Crippen molar-refractivity contribution in [2.75, 3.05) is 104 Å². The molecule has 4 aromatic rings. The summed E-state index contributed by atoms with van der Waals surface area (Å²) < 4.78 is 35.2. The predicted octanol–water partition coefficient (Wildman–Crippen LogP) is 0.606. The van der Waals surface area contributed by atoms with Crippen molar-refractivity contribution in [1.29, 1.82) is 0 Å². The SMILES string of the molecule is O=S(=O)(O)c1cc(Nc2nc(N(CCO)CCO)nc(N3CCNCC3)n2)ccc1/C=C/c1ccc(Nc2nc(Cl)nc(N(CCO)CCO)n2)cc1. The quantitative estimate of drug-likeness (QED) is 0.0509. The van der Waals surface area contributed by atoms with E-state index < -0.39 is 10.1 Å². The van der Waals surface area contributed by atoms with Gasteiger partial charge >= 0.3 is 0 Å². The first-order chi connectivity index (χ1) is 25.6. The molecule has 1 aliphatic heterocycles. The lowest BCUT2D eigenvalue weighted by Gasteiger charge is -2.29. The Balaban J connectivity index is 1.35. The highest BCUT2D eigenvalue weighted by Gasteiger charge is 2.21. The van der Waals surface area contributed by atoms with Crippen LogP contribution in [0.4, 0.5) is 41.1 Å². The minimum atomic E-state index is -4.67. The molecule has 0 atom stereocenters. The minimum Gasteiger partial charge on any atom is -0.395 e. The Kier molecular flexibility index (Phi) is 14.0. The summed E-state index contributed by atoms with van der Waals surface area (Å²) in [5, 5.41) is 47.1. The van der Waals surface area contributed by atoms with Gasteiger partial charge in [-0.25, -0.2) is 0 Å².